The average Bonchev–Trinajstić information content (AvgIpc) is 3.14. The quantitative estimate of drug-likeness (QED) is 0.374. The first-order chi connectivity index (χ1) is 13.7. The van der Waals surface area contributed by atoms with Crippen molar-refractivity contribution >= 4 is 17.9 Å². The van der Waals surface area contributed by atoms with Gasteiger partial charge in [0.15, 0.2) is 6.04 Å². The molecule has 0 saturated heterocycles. The van der Waals surface area contributed by atoms with Crippen LogP contribution in [-0.2, 0) is 9.59 Å². The molecule has 3 amide bonds. The van der Waals surface area contributed by atoms with Crippen molar-refractivity contribution in [2.24, 2.45) is 5.73 Å². The molecule has 1 heterocycles. The highest BCUT2D eigenvalue weighted by molar-refractivity contribution is 5.83. The number of para-hydroxylation sites is 1. The number of carbonyl (C=O) groups excluding carboxylic acids is 2. The number of aliphatic carboxylic acids is 1. The maximum absolute atomic E-state index is 12.1. The first kappa shape index (κ1) is 21.6. The first-order valence-corrected chi connectivity index (χ1v) is 8.46. The lowest BCUT2D eigenvalue weighted by molar-refractivity contribution is -0.141. The van der Waals surface area contributed by atoms with E-state index in [-0.39, 0.29) is 18.2 Å². The second-order valence-corrected chi connectivity index (χ2v) is 6.04. The number of primary amides is 1. The molecule has 12 heteroatoms. The van der Waals surface area contributed by atoms with Crippen LogP contribution in [0.1, 0.15) is 25.3 Å². The Bertz CT molecular complexity index is 883. The van der Waals surface area contributed by atoms with Crippen LogP contribution in [0.2, 0.25) is 0 Å². The van der Waals surface area contributed by atoms with Crippen LogP contribution in [0, 0.1) is 0 Å². The third-order valence-corrected chi connectivity index (χ3v) is 3.82. The number of rotatable bonds is 9. The van der Waals surface area contributed by atoms with Gasteiger partial charge in [0.05, 0.1) is 25.2 Å². The van der Waals surface area contributed by atoms with E-state index in [1.165, 1.54) is 14.0 Å². The fourth-order valence-corrected chi connectivity index (χ4v) is 2.44. The number of nitrogens with zero attached hydrogens (tertiary/aromatic N) is 2. The number of methoxy groups -OCH3 is 1. The van der Waals surface area contributed by atoms with Crippen LogP contribution in [0.25, 0.3) is 11.5 Å². The van der Waals surface area contributed by atoms with E-state index in [0.29, 0.717) is 11.3 Å². The lowest BCUT2D eigenvalue weighted by Gasteiger charge is -2.19. The minimum atomic E-state index is -1.56. The van der Waals surface area contributed by atoms with E-state index >= 15 is 0 Å². The number of hydrogen-bond donors (Lipinski definition) is 5. The van der Waals surface area contributed by atoms with Gasteiger partial charge in [-0.15, -0.1) is 10.2 Å². The summed E-state index contributed by atoms with van der Waals surface area (Å²) >= 11 is 0. The smallest absolute Gasteiger partial charge is 0.328 e. The number of hydrogen-bond acceptors (Lipinski definition) is 8. The zero-order valence-corrected chi connectivity index (χ0v) is 15.7. The van der Waals surface area contributed by atoms with Gasteiger partial charge in [-0.05, 0) is 19.1 Å². The second-order valence-electron chi connectivity index (χ2n) is 6.04. The number of ether oxygens (including phenoxy) is 1. The first-order valence-electron chi connectivity index (χ1n) is 8.46. The molecule has 0 saturated carbocycles. The SMILES string of the molecule is COc1ccccc1-c1nnc([C@H](CC(N)=O)NC(=O)NC(C(=O)O)C(C)O)o1. The molecule has 0 bridgehead atoms. The molecule has 1 aromatic heterocycles. The molecule has 3 atom stereocenters. The summed E-state index contributed by atoms with van der Waals surface area (Å²) in [5, 5.41) is 30.7. The Morgan fingerprint density at radius 2 is 1.93 bits per heavy atom. The van der Waals surface area contributed by atoms with Gasteiger partial charge in [-0.25, -0.2) is 9.59 Å². The molecule has 12 nitrogen and oxygen atoms in total. The van der Waals surface area contributed by atoms with Crippen molar-refractivity contribution in [3.63, 3.8) is 0 Å². The Kier molecular flexibility index (Phi) is 7.09. The summed E-state index contributed by atoms with van der Waals surface area (Å²) in [4.78, 5) is 34.6. The van der Waals surface area contributed by atoms with E-state index in [9.17, 15) is 19.5 Å². The highest BCUT2D eigenvalue weighted by Crippen LogP contribution is 2.29. The molecule has 2 aromatic rings. The van der Waals surface area contributed by atoms with Crippen molar-refractivity contribution in [3.8, 4) is 17.2 Å². The summed E-state index contributed by atoms with van der Waals surface area (Å²) in [6.07, 6.45) is -1.73. The van der Waals surface area contributed by atoms with Crippen molar-refractivity contribution < 1.29 is 33.8 Å². The molecule has 0 aliphatic heterocycles. The fourth-order valence-electron chi connectivity index (χ4n) is 2.44. The molecular formula is C17H21N5O7. The Morgan fingerprint density at radius 1 is 1.24 bits per heavy atom. The van der Waals surface area contributed by atoms with Crippen molar-refractivity contribution in [2.75, 3.05) is 7.11 Å². The fraction of sp³-hybridized carbons (Fsp3) is 0.353. The van der Waals surface area contributed by atoms with Crippen LogP contribution >= 0.6 is 0 Å². The summed E-state index contributed by atoms with van der Waals surface area (Å²) in [7, 11) is 1.47. The van der Waals surface area contributed by atoms with Crippen LogP contribution in [-0.4, -0.2) is 57.6 Å². The molecular weight excluding hydrogens is 386 g/mol. The van der Waals surface area contributed by atoms with Gasteiger partial charge in [0.1, 0.15) is 11.8 Å². The van der Waals surface area contributed by atoms with Crippen molar-refractivity contribution in [1.82, 2.24) is 20.8 Å². The van der Waals surface area contributed by atoms with E-state index in [4.69, 9.17) is 20.0 Å². The molecule has 0 fully saturated rings. The summed E-state index contributed by atoms with van der Waals surface area (Å²) in [5.41, 5.74) is 5.71. The molecule has 2 rings (SSSR count). The normalized spacial score (nSPS) is 13.8. The number of nitrogens with two attached hydrogens (primary N) is 1. The summed E-state index contributed by atoms with van der Waals surface area (Å²) < 4.78 is 10.8. The zero-order valence-electron chi connectivity index (χ0n) is 15.7. The zero-order chi connectivity index (χ0) is 21.6. The van der Waals surface area contributed by atoms with Crippen LogP contribution in [0.5, 0.6) is 5.75 Å². The van der Waals surface area contributed by atoms with Gasteiger partial charge < -0.3 is 35.7 Å². The molecule has 2 unspecified atom stereocenters. The summed E-state index contributed by atoms with van der Waals surface area (Å²) in [5.74, 6) is -1.76. The van der Waals surface area contributed by atoms with Gasteiger partial charge in [-0.1, -0.05) is 12.1 Å². The average molecular weight is 407 g/mol. The second kappa shape index (κ2) is 9.50. The number of carbonyl (C=O) groups is 3. The predicted octanol–water partition coefficient (Wildman–Crippen LogP) is -0.205. The van der Waals surface area contributed by atoms with Crippen LogP contribution in [0.15, 0.2) is 28.7 Å². The minimum Gasteiger partial charge on any atom is -0.496 e. The number of aliphatic hydroxyl groups excluding tert-OH is 1. The number of benzene rings is 1. The Morgan fingerprint density at radius 3 is 2.52 bits per heavy atom. The van der Waals surface area contributed by atoms with Crippen LogP contribution in [0.3, 0.4) is 0 Å². The van der Waals surface area contributed by atoms with E-state index in [1.807, 2.05) is 0 Å². The van der Waals surface area contributed by atoms with E-state index in [2.05, 4.69) is 20.8 Å². The Labute approximate surface area is 165 Å². The topological polar surface area (TPSA) is 190 Å². The molecule has 0 aliphatic rings. The highest BCUT2D eigenvalue weighted by Gasteiger charge is 2.28. The Hall–Kier alpha value is -3.67. The Balaban J connectivity index is 2.23. The van der Waals surface area contributed by atoms with Crippen LogP contribution < -0.4 is 21.1 Å². The predicted molar refractivity (Wildman–Crippen MR) is 97.6 cm³/mol. The largest absolute Gasteiger partial charge is 0.496 e. The number of aliphatic hydroxyl groups is 1. The third kappa shape index (κ3) is 5.65. The van der Waals surface area contributed by atoms with E-state index in [0.717, 1.165) is 0 Å². The minimum absolute atomic E-state index is 0.0847. The number of urea groups is 1. The van der Waals surface area contributed by atoms with E-state index in [1.54, 1.807) is 24.3 Å². The van der Waals surface area contributed by atoms with Crippen molar-refractivity contribution in [2.45, 2.75) is 31.5 Å². The number of carboxylic acids is 1. The third-order valence-electron chi connectivity index (χ3n) is 3.82. The monoisotopic (exact) mass is 407 g/mol. The lowest BCUT2D eigenvalue weighted by atomic mass is 10.2. The van der Waals surface area contributed by atoms with Crippen molar-refractivity contribution in [3.05, 3.63) is 30.2 Å². The van der Waals surface area contributed by atoms with Gasteiger partial charge in [-0.3, -0.25) is 4.79 Å². The molecule has 0 aliphatic carbocycles. The maximum atomic E-state index is 12.1. The van der Waals surface area contributed by atoms with Gasteiger partial charge in [0.25, 0.3) is 5.89 Å². The number of nitrogens with one attached hydrogen (secondary N) is 2. The van der Waals surface area contributed by atoms with Gasteiger partial charge in [0, 0.05) is 0 Å². The van der Waals surface area contributed by atoms with Gasteiger partial charge in [0.2, 0.25) is 11.8 Å². The summed E-state index contributed by atoms with van der Waals surface area (Å²) in [6, 6.07) is 3.20. The molecule has 156 valence electrons. The molecule has 29 heavy (non-hydrogen) atoms. The van der Waals surface area contributed by atoms with E-state index < -0.39 is 36.1 Å². The summed E-state index contributed by atoms with van der Waals surface area (Å²) in [6.45, 7) is 1.21. The molecule has 0 radical (unpaired) electrons. The standard InChI is InChI=1S/C17H21N5O7/c1-8(23)13(16(25)26)20-17(27)19-10(7-12(18)24)15-22-21-14(29-15)9-5-3-4-6-11(9)28-2/h3-6,8,10,13,23H,7H2,1-2H3,(H2,18,24)(H,25,26)(H2,19,20,27)/t8?,10-,13?/m0/s1. The maximum Gasteiger partial charge on any atom is 0.328 e. The number of amides is 3. The van der Waals surface area contributed by atoms with Gasteiger partial charge in [-0.2, -0.15) is 0 Å². The lowest BCUT2D eigenvalue weighted by Crippen LogP contribution is -2.52. The van der Waals surface area contributed by atoms with Crippen molar-refractivity contribution in [1.29, 1.82) is 0 Å². The number of aromatic nitrogens is 2. The van der Waals surface area contributed by atoms with Gasteiger partial charge >= 0.3 is 12.0 Å². The molecule has 6 N–H and O–H groups in total. The highest BCUT2D eigenvalue weighted by atomic mass is 16.5. The molecule has 1 aromatic carbocycles. The number of carboxylic acid groups (broad SMARTS) is 1. The van der Waals surface area contributed by atoms with Crippen LogP contribution in [0.4, 0.5) is 4.79 Å². The molecule has 0 spiro atoms.